The number of aromatic nitrogens is 3. The molecule has 0 aliphatic heterocycles. The zero-order chi connectivity index (χ0) is 47.9. The highest BCUT2D eigenvalue weighted by Gasteiger charge is 2.27. The molecule has 0 amide bonds. The van der Waals surface area contributed by atoms with Gasteiger partial charge in [-0.3, -0.25) is 9.55 Å². The third-order valence-electron chi connectivity index (χ3n) is 13.5. The maximum absolute atomic E-state index is 12.1. The largest absolute Gasteiger partial charge is 0.507 e. The van der Waals surface area contributed by atoms with E-state index in [4.69, 9.17) is 9.97 Å². The molecule has 0 spiro atoms. The Balaban J connectivity index is 1.16. The number of aromatic hydroxyl groups is 1. The van der Waals surface area contributed by atoms with Crippen molar-refractivity contribution in [2.24, 2.45) is 0 Å². The normalized spacial score (nSPS) is 11.6. The van der Waals surface area contributed by atoms with E-state index in [1.54, 1.807) is 0 Å². The minimum absolute atomic E-state index is 0.172. The molecule has 0 aliphatic carbocycles. The van der Waals surface area contributed by atoms with E-state index < -0.39 is 0 Å². The minimum atomic E-state index is -0.172. The van der Waals surface area contributed by atoms with Crippen LogP contribution in [0.4, 0.5) is 0 Å². The summed E-state index contributed by atoms with van der Waals surface area (Å²) in [5.74, 6) is 0.882. The van der Waals surface area contributed by atoms with E-state index in [1.807, 2.05) is 25.3 Å². The lowest BCUT2D eigenvalue weighted by molar-refractivity contribution is 0.472. The molecule has 0 aliphatic rings. The number of hydrogen-bond acceptors (Lipinski definition) is 3. The first kappa shape index (κ1) is 43.9. The summed E-state index contributed by atoms with van der Waals surface area (Å²) >= 11 is 0. The van der Waals surface area contributed by atoms with Crippen LogP contribution >= 0.6 is 0 Å². The van der Waals surface area contributed by atoms with Crippen LogP contribution < -0.4 is 0 Å². The smallest absolute Gasteiger partial charge is 0.149 e. The Morgan fingerprint density at radius 2 is 0.957 bits per heavy atom. The number of aryl methyl sites for hydroxylation is 2. The standard InChI is InChI=1S/C66H53N3O/c1-43-35-44(2)64(70)58(36-43)65-68-63-55(27-18-28-61(63)69(65)62-42-56(49-23-14-8-15-24-49)59(66(3,4)5)41-57(62)50-25-16-9-17-26-50)53-37-52(46-21-12-7-13-22-46)38-54(39-53)60-40-51(33-34-67-60)48-31-29-47(30-32-48)45-19-10-6-11-20-45/h6-42,70H,1-5H3. The molecule has 338 valence electrons. The second kappa shape index (κ2) is 18.1. The van der Waals surface area contributed by atoms with Gasteiger partial charge in [-0.2, -0.15) is 0 Å². The lowest BCUT2D eigenvalue weighted by Crippen LogP contribution is -2.14. The Morgan fingerprint density at radius 1 is 0.414 bits per heavy atom. The Hall–Kier alpha value is -8.60. The van der Waals surface area contributed by atoms with Gasteiger partial charge in [-0.1, -0.05) is 185 Å². The van der Waals surface area contributed by atoms with E-state index in [9.17, 15) is 5.11 Å². The summed E-state index contributed by atoms with van der Waals surface area (Å²) in [7, 11) is 0. The maximum Gasteiger partial charge on any atom is 0.149 e. The van der Waals surface area contributed by atoms with Crippen LogP contribution in [0.3, 0.4) is 0 Å². The minimum Gasteiger partial charge on any atom is -0.507 e. The Labute approximate surface area is 410 Å². The van der Waals surface area contributed by atoms with Crippen molar-refractivity contribution in [2.45, 2.75) is 40.0 Å². The van der Waals surface area contributed by atoms with E-state index in [2.05, 4.69) is 239 Å². The number of fused-ring (bicyclic) bond motifs is 1. The summed E-state index contributed by atoms with van der Waals surface area (Å²) in [6.45, 7) is 10.9. The molecule has 0 bridgehead atoms. The molecular formula is C66H53N3O. The molecule has 11 aromatic rings. The fraction of sp³-hybridized carbons (Fsp3) is 0.0909. The summed E-state index contributed by atoms with van der Waals surface area (Å²) in [6.07, 6.45) is 1.91. The number of phenols is 1. The molecule has 11 rings (SSSR count). The molecule has 4 heteroatoms. The molecule has 0 unspecified atom stereocenters. The summed E-state index contributed by atoms with van der Waals surface area (Å²) in [4.78, 5) is 10.7. The highest BCUT2D eigenvalue weighted by atomic mass is 16.3. The molecule has 4 nitrogen and oxygen atoms in total. The first-order valence-electron chi connectivity index (χ1n) is 24.0. The van der Waals surface area contributed by atoms with Crippen LogP contribution in [0.1, 0.15) is 37.5 Å². The molecule has 0 radical (unpaired) electrons. The van der Waals surface area contributed by atoms with Gasteiger partial charge in [0.25, 0.3) is 0 Å². The average molecular weight is 904 g/mol. The molecular weight excluding hydrogens is 851 g/mol. The maximum atomic E-state index is 12.1. The summed E-state index contributed by atoms with van der Waals surface area (Å²) in [5.41, 5.74) is 21.4. The molecule has 1 N–H and O–H groups in total. The van der Waals surface area contributed by atoms with Crippen molar-refractivity contribution < 1.29 is 5.11 Å². The van der Waals surface area contributed by atoms with Crippen LogP contribution in [0.5, 0.6) is 5.75 Å². The Morgan fingerprint density at radius 3 is 1.59 bits per heavy atom. The van der Waals surface area contributed by atoms with Crippen LogP contribution in [0.2, 0.25) is 0 Å². The predicted octanol–water partition coefficient (Wildman–Crippen LogP) is 17.4. The highest BCUT2D eigenvalue weighted by molar-refractivity contribution is 5.99. The van der Waals surface area contributed by atoms with Crippen molar-refractivity contribution in [3.8, 4) is 101 Å². The van der Waals surface area contributed by atoms with E-state index in [-0.39, 0.29) is 11.2 Å². The monoisotopic (exact) mass is 903 g/mol. The van der Waals surface area contributed by atoms with Gasteiger partial charge in [-0.05, 0) is 146 Å². The van der Waals surface area contributed by atoms with Gasteiger partial charge in [0.1, 0.15) is 11.6 Å². The van der Waals surface area contributed by atoms with Crippen molar-refractivity contribution in [3.05, 3.63) is 241 Å². The van der Waals surface area contributed by atoms with E-state index in [1.165, 1.54) is 16.7 Å². The SMILES string of the molecule is Cc1cc(C)c(O)c(-c2nc3c(-c4cc(-c5ccccc5)cc(-c5cc(-c6ccc(-c7ccccc7)cc6)ccn5)c4)cccc3n2-c2cc(-c3ccccc3)c(C(C)(C)C)cc2-c2ccccc2)c1. The molecule has 0 saturated heterocycles. The van der Waals surface area contributed by atoms with Gasteiger partial charge in [0.2, 0.25) is 0 Å². The number of para-hydroxylation sites is 1. The van der Waals surface area contributed by atoms with Crippen LogP contribution in [0.15, 0.2) is 225 Å². The van der Waals surface area contributed by atoms with Crippen molar-refractivity contribution >= 4 is 11.0 Å². The third-order valence-corrected chi connectivity index (χ3v) is 13.5. The average Bonchev–Trinajstić information content (AvgIpc) is 3.79. The van der Waals surface area contributed by atoms with Crippen molar-refractivity contribution in [1.82, 2.24) is 14.5 Å². The first-order chi connectivity index (χ1) is 34.1. The molecule has 0 atom stereocenters. The summed E-state index contributed by atoms with van der Waals surface area (Å²) in [6, 6.07) is 77.4. The molecule has 2 aromatic heterocycles. The van der Waals surface area contributed by atoms with Gasteiger partial charge >= 0.3 is 0 Å². The number of hydrogen-bond donors (Lipinski definition) is 1. The van der Waals surface area contributed by atoms with Crippen LogP contribution in [0.25, 0.3) is 106 Å². The zero-order valence-electron chi connectivity index (χ0n) is 40.2. The van der Waals surface area contributed by atoms with E-state index in [0.717, 1.165) is 94.7 Å². The van der Waals surface area contributed by atoms with Gasteiger partial charge in [0.05, 0.1) is 28.0 Å². The van der Waals surface area contributed by atoms with Gasteiger partial charge < -0.3 is 5.11 Å². The fourth-order valence-electron chi connectivity index (χ4n) is 9.97. The van der Waals surface area contributed by atoms with E-state index in [0.29, 0.717) is 11.4 Å². The van der Waals surface area contributed by atoms with E-state index >= 15 is 0 Å². The number of phenolic OH excluding ortho intramolecular Hbond substituents is 1. The molecule has 2 heterocycles. The lowest BCUT2D eigenvalue weighted by Gasteiger charge is -2.27. The third kappa shape index (κ3) is 8.39. The van der Waals surface area contributed by atoms with Crippen LogP contribution in [0, 0.1) is 13.8 Å². The second-order valence-electron chi connectivity index (χ2n) is 19.4. The molecule has 70 heavy (non-hydrogen) atoms. The Bertz CT molecular complexity index is 3680. The zero-order valence-corrected chi connectivity index (χ0v) is 40.2. The van der Waals surface area contributed by atoms with Crippen LogP contribution in [-0.2, 0) is 5.41 Å². The van der Waals surface area contributed by atoms with Crippen molar-refractivity contribution in [3.63, 3.8) is 0 Å². The van der Waals surface area contributed by atoms with Crippen molar-refractivity contribution in [1.29, 1.82) is 0 Å². The number of pyridine rings is 1. The topological polar surface area (TPSA) is 50.9 Å². The van der Waals surface area contributed by atoms with Crippen molar-refractivity contribution in [2.75, 3.05) is 0 Å². The van der Waals surface area contributed by atoms with Gasteiger partial charge in [0.15, 0.2) is 0 Å². The van der Waals surface area contributed by atoms with Crippen LogP contribution in [-0.4, -0.2) is 19.6 Å². The first-order valence-corrected chi connectivity index (χ1v) is 24.0. The molecule has 0 saturated carbocycles. The summed E-state index contributed by atoms with van der Waals surface area (Å²) < 4.78 is 2.28. The Kier molecular flexibility index (Phi) is 11.4. The number of rotatable bonds is 9. The number of imidazole rings is 1. The summed E-state index contributed by atoms with van der Waals surface area (Å²) in [5, 5.41) is 12.1. The van der Waals surface area contributed by atoms with Gasteiger partial charge in [0, 0.05) is 22.9 Å². The quantitative estimate of drug-likeness (QED) is 0.157. The number of nitrogens with zero attached hydrogens (tertiary/aromatic N) is 3. The van der Waals surface area contributed by atoms with Gasteiger partial charge in [-0.25, -0.2) is 4.98 Å². The highest BCUT2D eigenvalue weighted by Crippen LogP contribution is 2.45. The fourth-order valence-corrected chi connectivity index (χ4v) is 9.97. The lowest BCUT2D eigenvalue weighted by atomic mass is 9.79. The number of benzene rings is 9. The molecule has 9 aromatic carbocycles. The predicted molar refractivity (Wildman–Crippen MR) is 292 cm³/mol. The molecule has 0 fully saturated rings. The second-order valence-corrected chi connectivity index (χ2v) is 19.4. The van der Waals surface area contributed by atoms with Gasteiger partial charge in [-0.15, -0.1) is 0 Å².